The minimum absolute atomic E-state index is 0.127. The van der Waals surface area contributed by atoms with Gasteiger partial charge in [-0.3, -0.25) is 4.79 Å². The minimum Gasteiger partial charge on any atom is -0.339 e. The van der Waals surface area contributed by atoms with Gasteiger partial charge in [0, 0.05) is 24.0 Å². The first-order valence-electron chi connectivity index (χ1n) is 6.02. The lowest BCUT2D eigenvalue weighted by Gasteiger charge is -2.23. The fourth-order valence-corrected chi connectivity index (χ4v) is 2.09. The van der Waals surface area contributed by atoms with Gasteiger partial charge in [-0.25, -0.2) is 0 Å². The van der Waals surface area contributed by atoms with Crippen LogP contribution < -0.4 is 0 Å². The Hall–Kier alpha value is -0.830. The van der Waals surface area contributed by atoms with Gasteiger partial charge >= 0.3 is 0 Å². The van der Waals surface area contributed by atoms with E-state index in [9.17, 15) is 4.79 Å². The Kier molecular flexibility index (Phi) is 5.69. The lowest BCUT2D eigenvalue weighted by Crippen LogP contribution is -2.33. The molecule has 0 saturated carbocycles. The number of amides is 1. The van der Waals surface area contributed by atoms with Crippen LogP contribution in [-0.4, -0.2) is 23.9 Å². The van der Waals surface area contributed by atoms with Crippen LogP contribution in [0.1, 0.15) is 36.7 Å². The number of carbonyl (C=O) groups excluding carboxylic acids is 1. The average molecular weight is 298 g/mol. The Bertz CT molecular complexity index is 359. The number of benzene rings is 1. The number of hydrogen-bond donors (Lipinski definition) is 0. The van der Waals surface area contributed by atoms with Crippen LogP contribution in [0, 0.1) is 5.92 Å². The van der Waals surface area contributed by atoms with Gasteiger partial charge in [0.15, 0.2) is 0 Å². The molecule has 2 nitrogen and oxygen atoms in total. The van der Waals surface area contributed by atoms with Crippen molar-refractivity contribution < 1.29 is 4.79 Å². The maximum Gasteiger partial charge on any atom is 0.253 e. The second-order valence-corrected chi connectivity index (χ2v) is 5.13. The molecule has 1 aromatic carbocycles. The minimum atomic E-state index is 0.127. The first kappa shape index (κ1) is 14.2. The van der Waals surface area contributed by atoms with Crippen molar-refractivity contribution in [3.63, 3.8) is 0 Å². The zero-order chi connectivity index (χ0) is 12.8. The molecule has 0 heterocycles. The fraction of sp³-hybridized carbons (Fsp3) is 0.500. The van der Waals surface area contributed by atoms with Crippen molar-refractivity contribution in [1.82, 2.24) is 4.90 Å². The van der Waals surface area contributed by atoms with Crippen molar-refractivity contribution in [2.24, 2.45) is 5.92 Å². The zero-order valence-corrected chi connectivity index (χ0v) is 12.3. The highest BCUT2D eigenvalue weighted by Crippen LogP contribution is 2.11. The summed E-state index contributed by atoms with van der Waals surface area (Å²) in [5, 5.41) is 0.824. The standard InChI is InChI=1S/C14H20BrNO/c1-4-16(10-11(2)3)14(17)13-7-5-12(9-15)6-8-13/h5-8,11H,4,9-10H2,1-3H3. The first-order chi connectivity index (χ1) is 8.08. The van der Waals surface area contributed by atoms with E-state index in [1.165, 1.54) is 5.56 Å². The van der Waals surface area contributed by atoms with Crippen molar-refractivity contribution in [1.29, 1.82) is 0 Å². The van der Waals surface area contributed by atoms with E-state index in [0.717, 1.165) is 24.0 Å². The van der Waals surface area contributed by atoms with Gasteiger partial charge in [0.1, 0.15) is 0 Å². The van der Waals surface area contributed by atoms with Gasteiger partial charge in [0.25, 0.3) is 5.91 Å². The summed E-state index contributed by atoms with van der Waals surface area (Å²) in [5.74, 6) is 0.628. The van der Waals surface area contributed by atoms with Crippen molar-refractivity contribution in [2.75, 3.05) is 13.1 Å². The van der Waals surface area contributed by atoms with Gasteiger partial charge in [0.05, 0.1) is 0 Å². The van der Waals surface area contributed by atoms with Gasteiger partial charge in [-0.15, -0.1) is 0 Å². The van der Waals surface area contributed by atoms with Crippen LogP contribution in [0.3, 0.4) is 0 Å². The van der Waals surface area contributed by atoms with E-state index in [-0.39, 0.29) is 5.91 Å². The molecule has 3 heteroatoms. The highest BCUT2D eigenvalue weighted by molar-refractivity contribution is 9.08. The molecular formula is C14H20BrNO. The quantitative estimate of drug-likeness (QED) is 0.759. The van der Waals surface area contributed by atoms with E-state index in [4.69, 9.17) is 0 Å². The summed E-state index contributed by atoms with van der Waals surface area (Å²) in [6.45, 7) is 7.85. The molecule has 0 radical (unpaired) electrons. The molecule has 0 fully saturated rings. The number of halogens is 1. The van der Waals surface area contributed by atoms with E-state index in [1.807, 2.05) is 36.1 Å². The number of hydrogen-bond acceptors (Lipinski definition) is 1. The zero-order valence-electron chi connectivity index (χ0n) is 10.7. The second kappa shape index (κ2) is 6.80. The van der Waals surface area contributed by atoms with Gasteiger partial charge < -0.3 is 4.90 Å². The molecule has 0 aliphatic carbocycles. The molecule has 0 atom stereocenters. The van der Waals surface area contributed by atoms with Crippen molar-refractivity contribution >= 4 is 21.8 Å². The average Bonchev–Trinajstić information content (AvgIpc) is 2.35. The Morgan fingerprint density at radius 2 is 1.88 bits per heavy atom. The lowest BCUT2D eigenvalue weighted by atomic mass is 10.1. The highest BCUT2D eigenvalue weighted by atomic mass is 79.9. The van der Waals surface area contributed by atoms with Gasteiger partial charge in [-0.2, -0.15) is 0 Å². The van der Waals surface area contributed by atoms with Crippen LogP contribution in [0.15, 0.2) is 24.3 Å². The largest absolute Gasteiger partial charge is 0.339 e. The van der Waals surface area contributed by atoms with Gasteiger partial charge in [0.2, 0.25) is 0 Å². The summed E-state index contributed by atoms with van der Waals surface area (Å²) >= 11 is 3.40. The Morgan fingerprint density at radius 3 is 2.29 bits per heavy atom. The van der Waals surface area contributed by atoms with Crippen molar-refractivity contribution in [3.05, 3.63) is 35.4 Å². The maximum absolute atomic E-state index is 12.2. The molecule has 94 valence electrons. The van der Waals surface area contributed by atoms with Crippen LogP contribution in [0.2, 0.25) is 0 Å². The van der Waals surface area contributed by atoms with E-state index in [1.54, 1.807) is 0 Å². The smallest absolute Gasteiger partial charge is 0.253 e. The fourth-order valence-electron chi connectivity index (χ4n) is 1.72. The van der Waals surface area contributed by atoms with E-state index in [2.05, 4.69) is 29.8 Å². The Morgan fingerprint density at radius 1 is 1.29 bits per heavy atom. The van der Waals surface area contributed by atoms with Gasteiger partial charge in [-0.05, 0) is 30.5 Å². The molecule has 1 amide bonds. The van der Waals surface area contributed by atoms with Crippen LogP contribution in [0.25, 0.3) is 0 Å². The molecule has 1 rings (SSSR count). The Labute approximate surface area is 112 Å². The summed E-state index contributed by atoms with van der Waals surface area (Å²) in [4.78, 5) is 14.1. The van der Waals surface area contributed by atoms with Crippen LogP contribution in [-0.2, 0) is 5.33 Å². The van der Waals surface area contributed by atoms with Crippen LogP contribution in [0.4, 0.5) is 0 Å². The lowest BCUT2D eigenvalue weighted by molar-refractivity contribution is 0.0746. The Balaban J connectivity index is 2.78. The number of rotatable bonds is 5. The first-order valence-corrected chi connectivity index (χ1v) is 7.14. The predicted octanol–water partition coefficient (Wildman–Crippen LogP) is 3.70. The molecule has 1 aromatic rings. The molecule has 0 spiro atoms. The molecule has 0 saturated heterocycles. The molecule has 17 heavy (non-hydrogen) atoms. The van der Waals surface area contributed by atoms with E-state index in [0.29, 0.717) is 5.92 Å². The summed E-state index contributed by atoms with van der Waals surface area (Å²) in [5.41, 5.74) is 1.96. The molecule has 0 aliphatic rings. The third kappa shape index (κ3) is 4.15. The predicted molar refractivity (Wildman–Crippen MR) is 75.5 cm³/mol. The highest BCUT2D eigenvalue weighted by Gasteiger charge is 2.14. The normalized spacial score (nSPS) is 10.6. The maximum atomic E-state index is 12.2. The SMILES string of the molecule is CCN(CC(C)C)C(=O)c1ccc(CBr)cc1. The number of nitrogens with zero attached hydrogens (tertiary/aromatic N) is 1. The van der Waals surface area contributed by atoms with E-state index >= 15 is 0 Å². The third-order valence-electron chi connectivity index (χ3n) is 2.61. The van der Waals surface area contributed by atoms with Crippen molar-refractivity contribution in [3.8, 4) is 0 Å². The van der Waals surface area contributed by atoms with Crippen LogP contribution in [0.5, 0.6) is 0 Å². The molecule has 0 bridgehead atoms. The third-order valence-corrected chi connectivity index (χ3v) is 3.26. The molecule has 0 aromatic heterocycles. The van der Waals surface area contributed by atoms with Gasteiger partial charge in [-0.1, -0.05) is 41.9 Å². The molecule has 0 unspecified atom stereocenters. The van der Waals surface area contributed by atoms with E-state index < -0.39 is 0 Å². The molecule has 0 aliphatic heterocycles. The summed E-state index contributed by atoms with van der Waals surface area (Å²) in [6.07, 6.45) is 0. The van der Waals surface area contributed by atoms with Crippen LogP contribution >= 0.6 is 15.9 Å². The van der Waals surface area contributed by atoms with Crippen molar-refractivity contribution in [2.45, 2.75) is 26.1 Å². The molecular weight excluding hydrogens is 278 g/mol. The summed E-state index contributed by atoms with van der Waals surface area (Å²) in [6, 6.07) is 7.79. The monoisotopic (exact) mass is 297 g/mol. The summed E-state index contributed by atoms with van der Waals surface area (Å²) in [7, 11) is 0. The topological polar surface area (TPSA) is 20.3 Å². The number of alkyl halides is 1. The second-order valence-electron chi connectivity index (χ2n) is 4.57. The molecule has 0 N–H and O–H groups in total. The summed E-state index contributed by atoms with van der Waals surface area (Å²) < 4.78 is 0. The number of carbonyl (C=O) groups is 1.